The van der Waals surface area contributed by atoms with Crippen molar-refractivity contribution in [3.05, 3.63) is 0 Å². The van der Waals surface area contributed by atoms with Crippen LogP contribution >= 0.6 is 0 Å². The van der Waals surface area contributed by atoms with Crippen LogP contribution in [0.15, 0.2) is 0 Å². The molecule has 86 valence electrons. The summed E-state index contributed by atoms with van der Waals surface area (Å²) in [6, 6.07) is 0. The molecule has 3 nitrogen and oxygen atoms in total. The van der Waals surface area contributed by atoms with Gasteiger partial charge in [0.2, 0.25) is 0 Å². The molecule has 0 aliphatic heterocycles. The van der Waals surface area contributed by atoms with E-state index >= 15 is 0 Å². The fourth-order valence-electron chi connectivity index (χ4n) is 0.987. The van der Waals surface area contributed by atoms with Gasteiger partial charge in [-0.1, -0.05) is 0 Å². The third-order valence-corrected chi connectivity index (χ3v) is 1.80. The topological polar surface area (TPSA) is 24.5 Å². The lowest BCUT2D eigenvalue weighted by Gasteiger charge is -2.20. The number of nitrogens with zero attached hydrogens (tertiary/aromatic N) is 1. The maximum absolute atomic E-state index is 5.48. The summed E-state index contributed by atoms with van der Waals surface area (Å²) in [6.07, 6.45) is 1.09. The van der Waals surface area contributed by atoms with Crippen molar-refractivity contribution in [1.29, 1.82) is 0 Å². The van der Waals surface area contributed by atoms with Gasteiger partial charge in [-0.3, -0.25) is 0 Å². The maximum Gasteiger partial charge on any atom is 0.0593 e. The monoisotopic (exact) mass is 202 g/mol. The highest BCUT2D eigenvalue weighted by Gasteiger charge is 2.06. The molecule has 0 unspecified atom stereocenters. The minimum absolute atomic E-state index is 0.226. The first kappa shape index (κ1) is 13.9. The van der Waals surface area contributed by atoms with Crippen LogP contribution in [0, 0.1) is 0 Å². The van der Waals surface area contributed by atoms with Crippen LogP contribution in [0.1, 0.15) is 27.2 Å². The molecule has 0 saturated heterocycles. The van der Waals surface area contributed by atoms with Gasteiger partial charge in [0.25, 0.3) is 0 Å². The predicted octanol–water partition coefficient (Wildman–Crippen LogP) is 1.34. The fourth-order valence-corrected chi connectivity index (χ4v) is 0.987. The van der Waals surface area contributed by atoms with Gasteiger partial charge in [0, 0.05) is 18.7 Å². The van der Waals surface area contributed by atoms with Gasteiger partial charge in [0.1, 0.15) is 0 Å². The zero-order valence-electron chi connectivity index (χ0n) is 10.4. The summed E-state index contributed by atoms with van der Waals surface area (Å²) in [5, 5.41) is 3.43. The molecule has 0 radical (unpaired) electrons. The molecule has 1 N–H and O–H groups in total. The standard InChI is InChI=1S/C11H26N2O/c1-11(2,3)12-7-6-9-14-10-8-13(4)5/h12H,6-10H2,1-5H3. The zero-order valence-corrected chi connectivity index (χ0v) is 10.4. The molecule has 3 heteroatoms. The van der Waals surface area contributed by atoms with Gasteiger partial charge in [-0.05, 0) is 47.8 Å². The van der Waals surface area contributed by atoms with Gasteiger partial charge in [-0.15, -0.1) is 0 Å². The van der Waals surface area contributed by atoms with Crippen molar-refractivity contribution >= 4 is 0 Å². The molecule has 0 aromatic rings. The van der Waals surface area contributed by atoms with Crippen molar-refractivity contribution in [2.45, 2.75) is 32.7 Å². The van der Waals surface area contributed by atoms with Gasteiger partial charge in [0.15, 0.2) is 0 Å². The third kappa shape index (κ3) is 11.9. The van der Waals surface area contributed by atoms with Crippen LogP contribution in [0.2, 0.25) is 0 Å². The predicted molar refractivity (Wildman–Crippen MR) is 61.7 cm³/mol. The summed E-state index contributed by atoms with van der Waals surface area (Å²) in [5.74, 6) is 0. The first-order valence-electron chi connectivity index (χ1n) is 5.39. The molecular weight excluding hydrogens is 176 g/mol. The Morgan fingerprint density at radius 2 is 1.79 bits per heavy atom. The smallest absolute Gasteiger partial charge is 0.0593 e. The van der Waals surface area contributed by atoms with E-state index in [4.69, 9.17) is 4.74 Å². The summed E-state index contributed by atoms with van der Waals surface area (Å²) in [6.45, 7) is 10.3. The number of nitrogens with one attached hydrogen (secondary N) is 1. The molecule has 0 saturated carbocycles. The first-order chi connectivity index (χ1) is 6.42. The number of rotatable bonds is 7. The molecule has 0 spiro atoms. The number of ether oxygens (including phenoxy) is 1. The Balaban J connectivity index is 3.07. The van der Waals surface area contributed by atoms with Crippen molar-refractivity contribution in [1.82, 2.24) is 10.2 Å². The van der Waals surface area contributed by atoms with Crippen LogP contribution in [0.25, 0.3) is 0 Å². The number of hydrogen-bond acceptors (Lipinski definition) is 3. The average molecular weight is 202 g/mol. The Bertz CT molecular complexity index is 130. The molecule has 0 amide bonds. The number of hydrogen-bond donors (Lipinski definition) is 1. The van der Waals surface area contributed by atoms with Crippen molar-refractivity contribution in [2.24, 2.45) is 0 Å². The van der Waals surface area contributed by atoms with Crippen molar-refractivity contribution < 1.29 is 4.74 Å². The molecule has 0 rings (SSSR count). The van der Waals surface area contributed by atoms with E-state index in [1.54, 1.807) is 0 Å². The fraction of sp³-hybridized carbons (Fsp3) is 1.00. The van der Waals surface area contributed by atoms with Gasteiger partial charge >= 0.3 is 0 Å². The molecule has 14 heavy (non-hydrogen) atoms. The van der Waals surface area contributed by atoms with Gasteiger partial charge < -0.3 is 15.0 Å². The third-order valence-electron chi connectivity index (χ3n) is 1.80. The highest BCUT2D eigenvalue weighted by Crippen LogP contribution is 1.97. The summed E-state index contributed by atoms with van der Waals surface area (Å²) >= 11 is 0. The van der Waals surface area contributed by atoms with Crippen molar-refractivity contribution in [2.75, 3.05) is 40.4 Å². The minimum atomic E-state index is 0.226. The maximum atomic E-state index is 5.48. The lowest BCUT2D eigenvalue weighted by molar-refractivity contribution is 0.114. The molecule has 0 atom stereocenters. The Morgan fingerprint density at radius 3 is 2.29 bits per heavy atom. The highest BCUT2D eigenvalue weighted by molar-refractivity contribution is 4.69. The summed E-state index contributed by atoms with van der Waals surface area (Å²) in [7, 11) is 4.12. The second kappa shape index (κ2) is 7.21. The molecule has 0 fully saturated rings. The van der Waals surface area contributed by atoms with Gasteiger partial charge in [-0.25, -0.2) is 0 Å². The van der Waals surface area contributed by atoms with Crippen LogP contribution in [0.4, 0.5) is 0 Å². The minimum Gasteiger partial charge on any atom is -0.380 e. The molecule has 0 bridgehead atoms. The van der Waals surface area contributed by atoms with Gasteiger partial charge in [-0.2, -0.15) is 0 Å². The average Bonchev–Trinajstić information content (AvgIpc) is 2.00. The van der Waals surface area contributed by atoms with Crippen molar-refractivity contribution in [3.8, 4) is 0 Å². The van der Waals surface area contributed by atoms with Crippen molar-refractivity contribution in [3.63, 3.8) is 0 Å². The van der Waals surface area contributed by atoms with E-state index < -0.39 is 0 Å². The molecule has 0 aromatic carbocycles. The summed E-state index contributed by atoms with van der Waals surface area (Å²) in [5.41, 5.74) is 0.226. The van der Waals surface area contributed by atoms with Crippen LogP contribution < -0.4 is 5.32 Å². The molecule has 0 aliphatic carbocycles. The van der Waals surface area contributed by atoms with Crippen LogP contribution in [-0.2, 0) is 4.74 Å². The summed E-state index contributed by atoms with van der Waals surface area (Å²) in [4.78, 5) is 2.13. The molecule has 0 heterocycles. The first-order valence-corrected chi connectivity index (χ1v) is 5.39. The quantitative estimate of drug-likeness (QED) is 0.631. The second-order valence-electron chi connectivity index (χ2n) is 4.95. The van der Waals surface area contributed by atoms with E-state index in [-0.39, 0.29) is 5.54 Å². The Morgan fingerprint density at radius 1 is 1.14 bits per heavy atom. The van der Waals surface area contributed by atoms with Crippen LogP contribution in [-0.4, -0.2) is 50.8 Å². The highest BCUT2D eigenvalue weighted by atomic mass is 16.5. The van der Waals surface area contributed by atoms with Crippen LogP contribution in [0.5, 0.6) is 0 Å². The second-order valence-corrected chi connectivity index (χ2v) is 4.95. The van der Waals surface area contributed by atoms with Crippen LogP contribution in [0.3, 0.4) is 0 Å². The van der Waals surface area contributed by atoms with E-state index in [0.717, 1.165) is 32.7 Å². The Labute approximate surface area is 88.8 Å². The SMILES string of the molecule is CN(C)CCOCCCNC(C)(C)C. The van der Waals surface area contributed by atoms with E-state index in [9.17, 15) is 0 Å². The number of likely N-dealkylation sites (N-methyl/N-ethyl adjacent to an activating group) is 1. The largest absolute Gasteiger partial charge is 0.380 e. The Kier molecular flexibility index (Phi) is 7.15. The molecule has 0 aromatic heterocycles. The van der Waals surface area contributed by atoms with E-state index in [2.05, 4.69) is 45.1 Å². The van der Waals surface area contributed by atoms with Gasteiger partial charge in [0.05, 0.1) is 6.61 Å². The van der Waals surface area contributed by atoms with E-state index in [0.29, 0.717) is 0 Å². The Hall–Kier alpha value is -0.120. The molecule has 0 aliphatic rings. The molecular formula is C11H26N2O. The summed E-state index contributed by atoms with van der Waals surface area (Å²) < 4.78 is 5.48. The normalized spacial score (nSPS) is 12.4. The van der Waals surface area contributed by atoms with E-state index in [1.807, 2.05) is 0 Å². The lowest BCUT2D eigenvalue weighted by atomic mass is 10.1. The zero-order chi connectivity index (χ0) is 11.0. The van der Waals surface area contributed by atoms with E-state index in [1.165, 1.54) is 0 Å². The lowest BCUT2D eigenvalue weighted by Crippen LogP contribution is -2.36.